The first kappa shape index (κ1) is 17.0. The van der Waals surface area contributed by atoms with E-state index in [-0.39, 0.29) is 5.91 Å². The highest BCUT2D eigenvalue weighted by Gasteiger charge is 2.29. The molecule has 8 heteroatoms. The van der Waals surface area contributed by atoms with E-state index in [0.717, 1.165) is 12.1 Å². The van der Waals surface area contributed by atoms with Crippen molar-refractivity contribution in [2.45, 2.75) is 25.1 Å². The van der Waals surface area contributed by atoms with Crippen LogP contribution in [0.5, 0.6) is 0 Å². The monoisotopic (exact) mass is 326 g/mol. The number of benzene rings is 1. The van der Waals surface area contributed by atoms with Gasteiger partial charge in [0.15, 0.2) is 0 Å². The summed E-state index contributed by atoms with van der Waals surface area (Å²) in [6.45, 7) is 0.304. The van der Waals surface area contributed by atoms with Gasteiger partial charge in [0.2, 0.25) is 5.91 Å². The van der Waals surface area contributed by atoms with Gasteiger partial charge in [-0.2, -0.15) is 13.2 Å². The molecule has 1 heterocycles. The van der Waals surface area contributed by atoms with E-state index in [1.165, 1.54) is 18.5 Å². The molecule has 2 rings (SSSR count). The number of nitrogens with two attached hydrogens (primary N) is 1. The number of carbonyl (C=O) groups excluding carboxylic acids is 1. The molecule has 1 atom stereocenters. The zero-order valence-electron chi connectivity index (χ0n) is 12.2. The second-order valence-electron chi connectivity index (χ2n) is 5.11. The molecule has 2 aromatic rings. The van der Waals surface area contributed by atoms with Gasteiger partial charge in [-0.25, -0.2) is 4.98 Å². The van der Waals surface area contributed by atoms with Gasteiger partial charge in [0.05, 0.1) is 23.6 Å². The van der Waals surface area contributed by atoms with Crippen LogP contribution in [-0.2, 0) is 23.8 Å². The molecule has 0 saturated heterocycles. The van der Waals surface area contributed by atoms with Crippen LogP contribution in [-0.4, -0.2) is 28.5 Å². The summed E-state index contributed by atoms with van der Waals surface area (Å²) in [5, 5.41) is 2.66. The van der Waals surface area contributed by atoms with Crippen molar-refractivity contribution in [3.63, 3.8) is 0 Å². The van der Waals surface area contributed by atoms with Crippen LogP contribution in [0.3, 0.4) is 0 Å². The normalized spacial score (nSPS) is 12.9. The second kappa shape index (κ2) is 7.28. The Bertz CT molecular complexity index is 623. The van der Waals surface area contributed by atoms with Crippen LogP contribution < -0.4 is 11.1 Å². The van der Waals surface area contributed by atoms with Crippen LogP contribution in [0.4, 0.5) is 13.2 Å². The predicted octanol–water partition coefficient (Wildman–Crippen LogP) is 1.66. The number of carbonyl (C=O) groups is 1. The Labute approximate surface area is 131 Å². The van der Waals surface area contributed by atoms with E-state index in [1.807, 2.05) is 0 Å². The van der Waals surface area contributed by atoms with Crippen molar-refractivity contribution >= 4 is 5.91 Å². The summed E-state index contributed by atoms with van der Waals surface area (Å²) in [6, 6.07) is 4.14. The number of amides is 1. The number of nitrogens with one attached hydrogen (secondary N) is 2. The molecule has 1 amide bonds. The van der Waals surface area contributed by atoms with Crippen LogP contribution in [0.25, 0.3) is 0 Å². The van der Waals surface area contributed by atoms with E-state index in [0.29, 0.717) is 30.6 Å². The molecule has 0 aliphatic carbocycles. The number of alkyl halides is 3. The van der Waals surface area contributed by atoms with Gasteiger partial charge in [-0.05, 0) is 24.1 Å². The molecular weight excluding hydrogens is 309 g/mol. The van der Waals surface area contributed by atoms with Crippen molar-refractivity contribution in [2.75, 3.05) is 6.54 Å². The molecule has 5 nitrogen and oxygen atoms in total. The van der Waals surface area contributed by atoms with Gasteiger partial charge in [-0.15, -0.1) is 0 Å². The van der Waals surface area contributed by atoms with Crippen molar-refractivity contribution in [1.29, 1.82) is 0 Å². The first-order valence-electron chi connectivity index (χ1n) is 7.03. The SMILES string of the molecule is N[C@H](Cc1c[nH]cn1)C(=O)NCCc1ccc(C(F)(F)F)cc1. The molecule has 0 bridgehead atoms. The average molecular weight is 326 g/mol. The van der Waals surface area contributed by atoms with Crippen molar-refractivity contribution in [3.05, 3.63) is 53.6 Å². The first-order valence-corrected chi connectivity index (χ1v) is 7.03. The number of rotatable bonds is 6. The van der Waals surface area contributed by atoms with E-state index in [1.54, 1.807) is 6.20 Å². The van der Waals surface area contributed by atoms with Crippen LogP contribution in [0.15, 0.2) is 36.8 Å². The maximum atomic E-state index is 12.4. The molecule has 0 aliphatic heterocycles. The van der Waals surface area contributed by atoms with Crippen LogP contribution in [0, 0.1) is 0 Å². The Morgan fingerprint density at radius 2 is 2.00 bits per heavy atom. The lowest BCUT2D eigenvalue weighted by atomic mass is 10.1. The number of aromatic amines is 1. The van der Waals surface area contributed by atoms with E-state index in [4.69, 9.17) is 5.73 Å². The molecule has 124 valence electrons. The Kier molecular flexibility index (Phi) is 5.38. The molecule has 0 saturated carbocycles. The topological polar surface area (TPSA) is 83.8 Å². The Hall–Kier alpha value is -2.35. The number of nitrogens with zero attached hydrogens (tertiary/aromatic N) is 1. The molecule has 0 spiro atoms. The summed E-state index contributed by atoms with van der Waals surface area (Å²) in [7, 11) is 0. The van der Waals surface area contributed by atoms with Gasteiger partial charge in [0.25, 0.3) is 0 Å². The van der Waals surface area contributed by atoms with Gasteiger partial charge in [-0.3, -0.25) is 4.79 Å². The van der Waals surface area contributed by atoms with Gasteiger partial charge in [0.1, 0.15) is 0 Å². The number of H-pyrrole nitrogens is 1. The zero-order valence-corrected chi connectivity index (χ0v) is 12.2. The standard InChI is InChI=1S/C15H17F3N4O/c16-15(17,18)11-3-1-10(2-4-11)5-6-21-14(23)13(19)7-12-8-20-9-22-12/h1-4,8-9,13H,5-7,19H2,(H,20,22)(H,21,23)/t13-/m1/s1. The quantitative estimate of drug-likeness (QED) is 0.755. The Morgan fingerprint density at radius 1 is 1.30 bits per heavy atom. The van der Waals surface area contributed by atoms with Gasteiger partial charge >= 0.3 is 6.18 Å². The molecule has 1 aromatic carbocycles. The minimum atomic E-state index is -4.34. The van der Waals surface area contributed by atoms with Gasteiger partial charge < -0.3 is 16.0 Å². The molecule has 1 aromatic heterocycles. The summed E-state index contributed by atoms with van der Waals surface area (Å²) < 4.78 is 37.3. The summed E-state index contributed by atoms with van der Waals surface area (Å²) in [6.07, 6.45) is -0.430. The number of halogens is 3. The van der Waals surface area contributed by atoms with Crippen molar-refractivity contribution in [1.82, 2.24) is 15.3 Å². The highest BCUT2D eigenvalue weighted by molar-refractivity contribution is 5.81. The molecule has 23 heavy (non-hydrogen) atoms. The lowest BCUT2D eigenvalue weighted by molar-refractivity contribution is -0.137. The summed E-state index contributed by atoms with van der Waals surface area (Å²) in [5.74, 6) is -0.320. The largest absolute Gasteiger partial charge is 0.416 e. The molecule has 0 unspecified atom stereocenters. The highest BCUT2D eigenvalue weighted by atomic mass is 19.4. The fourth-order valence-corrected chi connectivity index (χ4v) is 2.04. The van der Waals surface area contributed by atoms with Gasteiger partial charge in [0, 0.05) is 19.2 Å². The molecule has 4 N–H and O–H groups in total. The maximum Gasteiger partial charge on any atom is 0.416 e. The maximum absolute atomic E-state index is 12.4. The van der Waals surface area contributed by atoms with Crippen LogP contribution in [0.1, 0.15) is 16.8 Å². The predicted molar refractivity (Wildman–Crippen MR) is 78.4 cm³/mol. The highest BCUT2D eigenvalue weighted by Crippen LogP contribution is 2.29. The van der Waals surface area contributed by atoms with E-state index >= 15 is 0 Å². The van der Waals surface area contributed by atoms with Crippen molar-refractivity contribution in [2.24, 2.45) is 5.73 Å². The lowest BCUT2D eigenvalue weighted by Crippen LogP contribution is -2.42. The summed E-state index contributed by atoms with van der Waals surface area (Å²) >= 11 is 0. The molecular formula is C15H17F3N4O. The van der Waals surface area contributed by atoms with E-state index < -0.39 is 17.8 Å². The number of aromatic nitrogens is 2. The average Bonchev–Trinajstić information content (AvgIpc) is 2.99. The van der Waals surface area contributed by atoms with E-state index in [9.17, 15) is 18.0 Å². The molecule has 0 radical (unpaired) electrons. The zero-order chi connectivity index (χ0) is 16.9. The number of hydrogen-bond donors (Lipinski definition) is 3. The number of hydrogen-bond acceptors (Lipinski definition) is 3. The Morgan fingerprint density at radius 3 is 2.57 bits per heavy atom. The van der Waals surface area contributed by atoms with E-state index in [2.05, 4.69) is 15.3 Å². The van der Waals surface area contributed by atoms with Gasteiger partial charge in [-0.1, -0.05) is 12.1 Å². The molecule has 0 fully saturated rings. The fraction of sp³-hybridized carbons (Fsp3) is 0.333. The lowest BCUT2D eigenvalue weighted by Gasteiger charge is -2.11. The van der Waals surface area contributed by atoms with Crippen LogP contribution >= 0.6 is 0 Å². The minimum Gasteiger partial charge on any atom is -0.354 e. The minimum absolute atomic E-state index is 0.304. The fourth-order valence-electron chi connectivity index (χ4n) is 2.04. The number of imidazole rings is 1. The third-order valence-corrected chi connectivity index (χ3v) is 3.31. The smallest absolute Gasteiger partial charge is 0.354 e. The summed E-state index contributed by atoms with van der Waals surface area (Å²) in [4.78, 5) is 18.6. The summed E-state index contributed by atoms with van der Waals surface area (Å²) in [5.41, 5.74) is 6.47. The third kappa shape index (κ3) is 5.10. The van der Waals surface area contributed by atoms with Crippen LogP contribution in [0.2, 0.25) is 0 Å². The first-order chi connectivity index (χ1) is 10.9. The third-order valence-electron chi connectivity index (χ3n) is 3.31. The van der Waals surface area contributed by atoms with Crippen molar-refractivity contribution < 1.29 is 18.0 Å². The van der Waals surface area contributed by atoms with Crippen molar-refractivity contribution in [3.8, 4) is 0 Å². The molecule has 0 aliphatic rings. The second-order valence-corrected chi connectivity index (χ2v) is 5.11. The Balaban J connectivity index is 1.77.